The topological polar surface area (TPSA) is 66.3 Å². The Morgan fingerprint density at radius 2 is 1.80 bits per heavy atom. The molecular weight excluding hydrogens is 390 g/mol. The largest absolute Gasteiger partial charge is 0.368 e. The quantitative estimate of drug-likeness (QED) is 0.698. The highest BCUT2D eigenvalue weighted by atomic mass is 19.1. The van der Waals surface area contributed by atoms with Crippen molar-refractivity contribution in [1.29, 1.82) is 0 Å². The van der Waals surface area contributed by atoms with Crippen molar-refractivity contribution >= 4 is 23.2 Å². The third-order valence-electron chi connectivity index (χ3n) is 3.93. The fourth-order valence-corrected chi connectivity index (χ4v) is 2.70. The van der Waals surface area contributed by atoms with Crippen molar-refractivity contribution in [2.24, 2.45) is 0 Å². The maximum Gasteiger partial charge on any atom is 0.246 e. The van der Waals surface area contributed by atoms with Crippen molar-refractivity contribution in [2.75, 3.05) is 36.2 Å². The van der Waals surface area contributed by atoms with Gasteiger partial charge in [-0.2, -0.15) is 4.98 Å². The van der Waals surface area contributed by atoms with Gasteiger partial charge in [0.2, 0.25) is 11.9 Å². The molecule has 1 N–H and O–H groups in total. The van der Waals surface area contributed by atoms with Gasteiger partial charge >= 0.3 is 0 Å². The summed E-state index contributed by atoms with van der Waals surface area (Å²) in [4.78, 5) is 16.2. The second-order valence-electron chi connectivity index (χ2n) is 6.25. The van der Waals surface area contributed by atoms with Gasteiger partial charge in [-0.25, -0.2) is 13.5 Å². The molecule has 0 bridgehead atoms. The minimum absolute atomic E-state index is 0.0170. The molecule has 0 radical (unpaired) electrons. The Morgan fingerprint density at radius 3 is 2.50 bits per heavy atom. The predicted octanol–water partition coefficient (Wildman–Crippen LogP) is 3.27. The molecule has 0 atom stereocenters. The van der Waals surface area contributed by atoms with Gasteiger partial charge < -0.3 is 15.1 Å². The Kier molecular flexibility index (Phi) is 2.84. The Balaban J connectivity index is 1.76. The normalized spacial score (nSPS) is 26.7. The average molecular weight is 424 g/mol. The Morgan fingerprint density at radius 1 is 1.07 bits per heavy atom. The van der Waals surface area contributed by atoms with E-state index in [1.165, 1.54) is 19.1 Å². The highest BCUT2D eigenvalue weighted by molar-refractivity contribution is 5.73. The van der Waals surface area contributed by atoms with Crippen LogP contribution in [0.3, 0.4) is 0 Å². The van der Waals surface area contributed by atoms with Crippen LogP contribution in [0.15, 0.2) is 42.7 Å². The number of halogens is 2. The van der Waals surface area contributed by atoms with Crippen LogP contribution >= 0.6 is 0 Å². The number of nitrogens with one attached hydrogen (secondary N) is 1. The summed E-state index contributed by atoms with van der Waals surface area (Å²) < 4.78 is 118. The van der Waals surface area contributed by atoms with Crippen LogP contribution in [0.2, 0.25) is 0 Å². The lowest BCUT2D eigenvalue weighted by Crippen LogP contribution is -2.48. The van der Waals surface area contributed by atoms with E-state index in [9.17, 15) is 13.6 Å². The highest BCUT2D eigenvalue weighted by Crippen LogP contribution is 2.25. The van der Waals surface area contributed by atoms with Gasteiger partial charge in [-0.15, -0.1) is 5.10 Å². The van der Waals surface area contributed by atoms with Crippen LogP contribution in [0, 0.1) is 18.6 Å². The lowest BCUT2D eigenvalue weighted by molar-refractivity contribution is -0.129. The number of hydrogen-bond acceptors (Lipinski definition) is 5. The molecule has 156 valence electrons. The summed E-state index contributed by atoms with van der Waals surface area (Å²) >= 11 is 0. The van der Waals surface area contributed by atoms with Crippen molar-refractivity contribution in [1.82, 2.24) is 19.7 Å². The molecule has 1 amide bonds. The minimum atomic E-state index is -3.68. The van der Waals surface area contributed by atoms with E-state index >= 15 is 0 Å². The van der Waals surface area contributed by atoms with E-state index in [0.717, 1.165) is 29.2 Å². The number of hydrogen-bond donors (Lipinski definition) is 1. The number of anilines is 3. The third kappa shape index (κ3) is 4.40. The molecule has 30 heavy (non-hydrogen) atoms. The zero-order valence-corrected chi connectivity index (χ0v) is 15.4. The maximum atomic E-state index is 13.6. The second kappa shape index (κ2) is 8.10. The average Bonchev–Trinajstić information content (AvgIpc) is 3.24. The molecule has 9 heteroatoms. The molecule has 1 saturated heterocycles. The summed E-state index contributed by atoms with van der Waals surface area (Å²) in [5, 5.41) is 6.83. The lowest BCUT2D eigenvalue weighted by atomic mass is 10.1. The van der Waals surface area contributed by atoms with E-state index < -0.39 is 55.3 Å². The van der Waals surface area contributed by atoms with Gasteiger partial charge in [0.25, 0.3) is 0 Å². The Labute approximate surface area is 188 Å². The number of nitrogens with zero attached hydrogens (tertiary/aromatic N) is 5. The molecule has 2 aromatic carbocycles. The maximum absolute atomic E-state index is 13.6. The van der Waals surface area contributed by atoms with Gasteiger partial charge in [0.1, 0.15) is 18.0 Å². The molecule has 0 aliphatic carbocycles. The summed E-state index contributed by atoms with van der Waals surface area (Å²) in [5.41, 5.74) is 0.119. The highest BCUT2D eigenvalue weighted by Gasteiger charge is 2.19. The van der Waals surface area contributed by atoms with Crippen molar-refractivity contribution < 1.29 is 28.7 Å². The van der Waals surface area contributed by atoms with Crippen molar-refractivity contribution in [3.63, 3.8) is 0 Å². The van der Waals surface area contributed by atoms with Crippen molar-refractivity contribution in [2.45, 2.75) is 13.8 Å². The molecular formula is C21H22F2N6O. The first-order valence-electron chi connectivity index (χ1n) is 14.0. The first-order valence-corrected chi connectivity index (χ1v) is 8.53. The molecule has 7 nitrogen and oxygen atoms in total. The minimum Gasteiger partial charge on any atom is -0.368 e. The van der Waals surface area contributed by atoms with Crippen LogP contribution in [0.1, 0.15) is 27.5 Å². The molecule has 2 heterocycles. The molecule has 1 aromatic heterocycles. The van der Waals surface area contributed by atoms with Gasteiger partial charge in [0.05, 0.1) is 16.7 Å². The fourth-order valence-electron chi connectivity index (χ4n) is 2.70. The van der Waals surface area contributed by atoms with E-state index in [1.807, 2.05) is 0 Å². The van der Waals surface area contributed by atoms with E-state index in [-0.39, 0.29) is 27.9 Å². The molecule has 0 spiro atoms. The molecule has 3 aromatic rings. The van der Waals surface area contributed by atoms with Gasteiger partial charge in [0, 0.05) is 54.4 Å². The summed E-state index contributed by atoms with van der Waals surface area (Å²) in [6.07, 6.45) is 1.15. The zero-order valence-electron chi connectivity index (χ0n) is 26.4. The lowest BCUT2D eigenvalue weighted by Gasteiger charge is -2.36. The molecule has 0 saturated carbocycles. The third-order valence-corrected chi connectivity index (χ3v) is 3.93. The summed E-state index contributed by atoms with van der Waals surface area (Å²) in [6, 6.07) is 6.56. The van der Waals surface area contributed by atoms with Gasteiger partial charge in [-0.3, -0.25) is 4.79 Å². The number of piperazine rings is 1. The molecule has 1 aliphatic rings. The number of amides is 1. The molecule has 1 fully saturated rings. The zero-order chi connectivity index (χ0) is 30.9. The Bertz CT molecular complexity index is 1460. The number of benzene rings is 2. The van der Waals surface area contributed by atoms with Crippen LogP contribution < -0.4 is 10.2 Å². The smallest absolute Gasteiger partial charge is 0.246 e. The molecule has 1 aliphatic heterocycles. The summed E-state index contributed by atoms with van der Waals surface area (Å²) in [7, 11) is 0. The predicted molar refractivity (Wildman–Crippen MR) is 110 cm³/mol. The monoisotopic (exact) mass is 423 g/mol. The molecule has 0 unspecified atom stereocenters. The number of carbonyl (C=O) groups excluding carboxylic acids is 1. The molecule has 4 rings (SSSR count). The number of aryl methyl sites for hydroxylation is 1. The standard InChI is InChI=1S/C21H22F2N6O/c1-14-7-18(12-19(8-14)28-5-3-27(4-6-28)15(2)30)25-21-24-13-29(26-21)20-10-16(22)9-17(23)11-20/h7-13H,3-6H2,1-2H3,(H,25,26)/i2D3,3D2,4D2,5D2,6D2. The van der Waals surface area contributed by atoms with Crippen molar-refractivity contribution in [3.05, 3.63) is 59.9 Å². The van der Waals surface area contributed by atoms with Crippen LogP contribution in [0.5, 0.6) is 0 Å². The second-order valence-corrected chi connectivity index (χ2v) is 6.25. The number of rotatable bonds is 4. The fraction of sp³-hybridized carbons (Fsp3) is 0.286. The van der Waals surface area contributed by atoms with Crippen LogP contribution in [-0.2, 0) is 4.79 Å². The Hall–Kier alpha value is -3.49. The van der Waals surface area contributed by atoms with Gasteiger partial charge in [-0.1, -0.05) is 0 Å². The number of carbonyl (C=O) groups is 1. The van der Waals surface area contributed by atoms with Crippen LogP contribution in [-0.4, -0.2) is 51.6 Å². The number of aromatic nitrogens is 3. The first-order chi connectivity index (χ1) is 18.6. The van der Waals surface area contributed by atoms with Crippen molar-refractivity contribution in [3.8, 4) is 5.69 Å². The van der Waals surface area contributed by atoms with E-state index in [4.69, 9.17) is 15.1 Å². The van der Waals surface area contributed by atoms with Crippen LogP contribution in [0.25, 0.3) is 5.69 Å². The van der Waals surface area contributed by atoms with Gasteiger partial charge in [-0.05, 0) is 42.8 Å². The first kappa shape index (κ1) is 10.5. The summed E-state index contributed by atoms with van der Waals surface area (Å²) in [6.45, 7) is -16.4. The van der Waals surface area contributed by atoms with Gasteiger partial charge in [0.15, 0.2) is 0 Å². The SMILES string of the molecule is [2H]C([2H])([2H])C(=O)N1C([2H])([2H])C([2H])([2H])N(c2cc(C)cc(Nc3ncn(-c4cc(F)cc(F)c4)n3)c2)C([2H])([2H])C1([2H])[2H]. The summed E-state index contributed by atoms with van der Waals surface area (Å²) in [5.74, 6) is -3.91. The van der Waals surface area contributed by atoms with E-state index in [1.54, 1.807) is 0 Å². The van der Waals surface area contributed by atoms with E-state index in [2.05, 4.69) is 15.4 Å². The van der Waals surface area contributed by atoms with Crippen LogP contribution in [0.4, 0.5) is 26.1 Å². The van der Waals surface area contributed by atoms with E-state index in [0.29, 0.717) is 11.6 Å².